The number of anilines is 1. The first-order valence-corrected chi connectivity index (χ1v) is 9.68. The highest BCUT2D eigenvalue weighted by Gasteiger charge is 2.50. The molecule has 0 aromatic heterocycles. The van der Waals surface area contributed by atoms with Crippen molar-refractivity contribution in [3.05, 3.63) is 28.2 Å². The van der Waals surface area contributed by atoms with Crippen molar-refractivity contribution >= 4 is 46.2 Å². The smallest absolute Gasteiger partial charge is 0.170 e. The Bertz CT molecular complexity index is 596. The predicted octanol–water partition coefficient (Wildman–Crippen LogP) is 5.50. The van der Waals surface area contributed by atoms with Crippen LogP contribution in [-0.4, -0.2) is 11.7 Å². The minimum absolute atomic E-state index is 0.484. The number of hydrogen-bond donors (Lipinski definition) is 2. The van der Waals surface area contributed by atoms with Crippen molar-refractivity contribution in [2.75, 3.05) is 11.9 Å². The van der Waals surface area contributed by atoms with Gasteiger partial charge in [-0.15, -0.1) is 0 Å². The van der Waals surface area contributed by atoms with Crippen LogP contribution in [0.15, 0.2) is 18.2 Å². The fourth-order valence-electron chi connectivity index (χ4n) is 5.52. The third-order valence-corrected chi connectivity index (χ3v) is 6.95. The summed E-state index contributed by atoms with van der Waals surface area (Å²) in [5, 5.41) is 8.47. The van der Waals surface area contributed by atoms with Gasteiger partial charge in [0.05, 0.1) is 10.0 Å². The van der Waals surface area contributed by atoms with Gasteiger partial charge in [-0.1, -0.05) is 23.2 Å². The molecule has 5 rings (SSSR count). The summed E-state index contributed by atoms with van der Waals surface area (Å²) in [6.45, 7) is 1.00. The monoisotopic (exact) mass is 368 g/mol. The van der Waals surface area contributed by atoms with E-state index >= 15 is 0 Å². The maximum absolute atomic E-state index is 6.05. The van der Waals surface area contributed by atoms with Crippen molar-refractivity contribution in [3.63, 3.8) is 0 Å². The normalized spacial score (nSPS) is 34.4. The second-order valence-corrected chi connectivity index (χ2v) is 9.08. The molecule has 4 aliphatic carbocycles. The topological polar surface area (TPSA) is 24.1 Å². The van der Waals surface area contributed by atoms with Gasteiger partial charge in [0, 0.05) is 12.2 Å². The lowest BCUT2D eigenvalue weighted by molar-refractivity contribution is -0.0490. The van der Waals surface area contributed by atoms with Crippen molar-refractivity contribution in [2.45, 2.75) is 38.5 Å². The van der Waals surface area contributed by atoms with Crippen LogP contribution < -0.4 is 10.6 Å². The SMILES string of the molecule is S=C(NCC12CC3CC(CC(C3)C1)C2)Nc1ccc(Cl)c(Cl)c1. The summed E-state index contributed by atoms with van der Waals surface area (Å²) in [4.78, 5) is 0. The molecule has 4 saturated carbocycles. The molecule has 4 fully saturated rings. The second kappa shape index (κ2) is 6.09. The lowest BCUT2D eigenvalue weighted by Gasteiger charge is -2.57. The van der Waals surface area contributed by atoms with E-state index < -0.39 is 0 Å². The molecule has 1 aromatic rings. The fraction of sp³-hybridized carbons (Fsp3) is 0.611. The molecule has 1 aromatic carbocycles. The molecule has 2 N–H and O–H groups in total. The van der Waals surface area contributed by atoms with Crippen LogP contribution in [0.3, 0.4) is 0 Å². The van der Waals surface area contributed by atoms with E-state index in [2.05, 4.69) is 10.6 Å². The van der Waals surface area contributed by atoms with E-state index in [-0.39, 0.29) is 0 Å². The molecule has 0 heterocycles. The van der Waals surface area contributed by atoms with Crippen molar-refractivity contribution in [2.24, 2.45) is 23.2 Å². The number of hydrogen-bond acceptors (Lipinski definition) is 1. The van der Waals surface area contributed by atoms with Gasteiger partial charge in [-0.25, -0.2) is 0 Å². The number of halogens is 2. The zero-order valence-corrected chi connectivity index (χ0v) is 15.4. The summed E-state index contributed by atoms with van der Waals surface area (Å²) in [5.74, 6) is 2.92. The minimum Gasteiger partial charge on any atom is -0.362 e. The van der Waals surface area contributed by atoms with E-state index in [0.29, 0.717) is 20.6 Å². The standard InChI is InChI=1S/C18H22Cl2N2S/c19-15-2-1-14(6-16(15)20)22-17(23)21-10-18-7-11-3-12(8-18)5-13(4-11)9-18/h1-2,6,11-13H,3-5,7-10H2,(H2,21,22,23). The summed E-state index contributed by atoms with van der Waals surface area (Å²) in [6, 6.07) is 5.49. The molecule has 0 radical (unpaired) electrons. The highest BCUT2D eigenvalue weighted by Crippen LogP contribution is 2.59. The molecule has 124 valence electrons. The molecule has 0 unspecified atom stereocenters. The van der Waals surface area contributed by atoms with Crippen LogP contribution in [0.4, 0.5) is 5.69 Å². The van der Waals surface area contributed by atoms with E-state index in [9.17, 15) is 0 Å². The zero-order chi connectivity index (χ0) is 16.0. The lowest BCUT2D eigenvalue weighted by atomic mass is 9.49. The van der Waals surface area contributed by atoms with E-state index in [1.165, 1.54) is 38.5 Å². The maximum Gasteiger partial charge on any atom is 0.170 e. The van der Waals surface area contributed by atoms with Gasteiger partial charge in [0.1, 0.15) is 0 Å². The van der Waals surface area contributed by atoms with Gasteiger partial charge >= 0.3 is 0 Å². The highest BCUT2D eigenvalue weighted by atomic mass is 35.5. The van der Waals surface area contributed by atoms with Crippen LogP contribution in [0.25, 0.3) is 0 Å². The fourth-order valence-corrected chi connectivity index (χ4v) is 6.01. The summed E-state index contributed by atoms with van der Waals surface area (Å²) in [6.07, 6.45) is 8.60. The zero-order valence-electron chi connectivity index (χ0n) is 13.1. The van der Waals surface area contributed by atoms with Crippen molar-refractivity contribution in [3.8, 4) is 0 Å². The van der Waals surface area contributed by atoms with Gasteiger partial charge in [-0.05, 0) is 92.1 Å². The number of nitrogens with one attached hydrogen (secondary N) is 2. The summed E-state index contributed by atoms with van der Waals surface area (Å²) in [7, 11) is 0. The maximum atomic E-state index is 6.05. The molecule has 23 heavy (non-hydrogen) atoms. The van der Waals surface area contributed by atoms with Gasteiger partial charge in [0.2, 0.25) is 0 Å². The summed E-state index contributed by atoms with van der Waals surface area (Å²) < 4.78 is 0. The Morgan fingerprint density at radius 2 is 1.65 bits per heavy atom. The quantitative estimate of drug-likeness (QED) is 0.689. The number of thiocarbonyl (C=S) groups is 1. The van der Waals surface area contributed by atoms with Gasteiger partial charge in [-0.3, -0.25) is 0 Å². The molecular formula is C18H22Cl2N2S. The molecule has 4 bridgehead atoms. The van der Waals surface area contributed by atoms with Crippen molar-refractivity contribution < 1.29 is 0 Å². The number of benzene rings is 1. The molecule has 0 atom stereocenters. The van der Waals surface area contributed by atoms with Crippen molar-refractivity contribution in [1.29, 1.82) is 0 Å². The van der Waals surface area contributed by atoms with E-state index in [1.807, 2.05) is 12.1 Å². The Labute approximate surface area is 153 Å². The minimum atomic E-state index is 0.484. The van der Waals surface area contributed by atoms with Crippen LogP contribution >= 0.6 is 35.4 Å². The first kappa shape index (κ1) is 16.0. The molecule has 0 aliphatic heterocycles. The molecule has 0 spiro atoms. The van der Waals surface area contributed by atoms with Crippen LogP contribution in [-0.2, 0) is 0 Å². The Kier molecular flexibility index (Phi) is 4.23. The third-order valence-electron chi connectivity index (χ3n) is 5.97. The Balaban J connectivity index is 1.35. The largest absolute Gasteiger partial charge is 0.362 e. The molecule has 2 nitrogen and oxygen atoms in total. The molecule has 4 aliphatic rings. The third kappa shape index (κ3) is 3.33. The molecular weight excluding hydrogens is 347 g/mol. The first-order valence-electron chi connectivity index (χ1n) is 8.51. The van der Waals surface area contributed by atoms with E-state index in [4.69, 9.17) is 35.4 Å². The Hall–Kier alpha value is -0.510. The van der Waals surface area contributed by atoms with Gasteiger partial charge in [-0.2, -0.15) is 0 Å². The van der Waals surface area contributed by atoms with E-state index in [0.717, 1.165) is 30.0 Å². The molecule has 0 saturated heterocycles. The average molecular weight is 369 g/mol. The van der Waals surface area contributed by atoms with Crippen LogP contribution in [0.5, 0.6) is 0 Å². The number of rotatable bonds is 3. The van der Waals surface area contributed by atoms with Crippen LogP contribution in [0, 0.1) is 23.2 Å². The average Bonchev–Trinajstić information content (AvgIpc) is 2.48. The van der Waals surface area contributed by atoms with Crippen molar-refractivity contribution in [1.82, 2.24) is 5.32 Å². The lowest BCUT2D eigenvalue weighted by Crippen LogP contribution is -2.51. The van der Waals surface area contributed by atoms with E-state index in [1.54, 1.807) is 6.07 Å². The molecule has 0 amide bonds. The Morgan fingerprint density at radius 1 is 1.04 bits per heavy atom. The molecule has 5 heteroatoms. The van der Waals surface area contributed by atoms with Gasteiger partial charge in [0.25, 0.3) is 0 Å². The Morgan fingerprint density at radius 3 is 2.22 bits per heavy atom. The second-order valence-electron chi connectivity index (χ2n) is 7.85. The predicted molar refractivity (Wildman–Crippen MR) is 101 cm³/mol. The van der Waals surface area contributed by atoms with Gasteiger partial charge in [0.15, 0.2) is 5.11 Å². The first-order chi connectivity index (χ1) is 11.0. The summed E-state index contributed by atoms with van der Waals surface area (Å²) >= 11 is 17.5. The van der Waals surface area contributed by atoms with Crippen LogP contribution in [0.1, 0.15) is 38.5 Å². The van der Waals surface area contributed by atoms with Gasteiger partial charge < -0.3 is 10.6 Å². The van der Waals surface area contributed by atoms with Crippen LogP contribution in [0.2, 0.25) is 10.0 Å². The summed E-state index contributed by atoms with van der Waals surface area (Å²) in [5.41, 5.74) is 1.36. The highest BCUT2D eigenvalue weighted by molar-refractivity contribution is 7.80.